The average molecular weight is 797 g/mol. The zero-order valence-electron chi connectivity index (χ0n) is 34.9. The molecule has 1 aromatic rings. The van der Waals surface area contributed by atoms with E-state index in [0.717, 1.165) is 29.7 Å². The number of anilines is 1. The number of likely N-dealkylation sites (tertiary alicyclic amines) is 1. The van der Waals surface area contributed by atoms with Gasteiger partial charge in [0.05, 0.1) is 0 Å². The molecule has 1 heterocycles. The lowest BCUT2D eigenvalue weighted by Gasteiger charge is -2.37. The van der Waals surface area contributed by atoms with E-state index < -0.39 is 53.7 Å². The number of hydrogen-bond donors (Lipinski definition) is 6. The second-order valence-electron chi connectivity index (χ2n) is 16.5. The second kappa shape index (κ2) is 22.2. The maximum atomic E-state index is 14.9. The van der Waals surface area contributed by atoms with E-state index in [2.05, 4.69) is 15.6 Å². The normalized spacial score (nSPS) is 17.5. The lowest BCUT2D eigenvalue weighted by molar-refractivity contribution is -0.147. The lowest BCUT2D eigenvalue weighted by atomic mass is 9.82. The number of carbonyl (C=O) groups is 6. The highest BCUT2D eigenvalue weighted by atomic mass is 16.2. The molecule has 0 unspecified atom stereocenters. The number of urea groups is 1. The Morgan fingerprint density at radius 1 is 0.825 bits per heavy atom. The Bertz CT molecular complexity index is 1550. The number of amides is 7. The molecule has 7 amide bonds. The molecule has 16 nitrogen and oxygen atoms in total. The summed E-state index contributed by atoms with van der Waals surface area (Å²) in [5, 5.41) is 5.82. The van der Waals surface area contributed by atoms with Gasteiger partial charge in [-0.2, -0.15) is 0 Å². The topological polar surface area (TPSA) is 253 Å². The zero-order chi connectivity index (χ0) is 42.4. The van der Waals surface area contributed by atoms with Gasteiger partial charge in [-0.15, -0.1) is 0 Å². The first-order valence-corrected chi connectivity index (χ1v) is 20.7. The van der Waals surface area contributed by atoms with Gasteiger partial charge in [-0.1, -0.05) is 45.2 Å². The van der Waals surface area contributed by atoms with Crippen molar-refractivity contribution in [3.8, 4) is 0 Å². The molecular formula is C41H68N10O6. The SMILES string of the molecule is CC(C)C[C@H](NC(=O)N(CCCCN=C(N)N)C(=O)[C@@H](NC(=O)[C@H](Cc1ccc(N)cc1)C(=O)N(C(C)C)C(C)C)C1CCCCC1)C(=O)N1CCC[C@H]1C(N)=O. The minimum absolute atomic E-state index is 0.0290. The largest absolute Gasteiger partial charge is 0.399 e. The Balaban J connectivity index is 2.03. The van der Waals surface area contributed by atoms with E-state index in [9.17, 15) is 28.8 Å². The third-order valence-corrected chi connectivity index (χ3v) is 10.8. The van der Waals surface area contributed by atoms with Gasteiger partial charge in [-0.25, -0.2) is 4.79 Å². The van der Waals surface area contributed by atoms with Gasteiger partial charge in [0, 0.05) is 37.4 Å². The van der Waals surface area contributed by atoms with Crippen molar-refractivity contribution in [1.82, 2.24) is 25.3 Å². The van der Waals surface area contributed by atoms with E-state index in [0.29, 0.717) is 50.8 Å². The molecule has 1 aliphatic carbocycles. The summed E-state index contributed by atoms with van der Waals surface area (Å²) in [6, 6.07) is 2.82. The molecule has 0 aromatic heterocycles. The fourth-order valence-electron chi connectivity index (χ4n) is 8.09. The lowest BCUT2D eigenvalue weighted by Crippen LogP contribution is -2.60. The number of rotatable bonds is 19. The first kappa shape index (κ1) is 46.5. The number of nitrogens with two attached hydrogens (primary N) is 4. The van der Waals surface area contributed by atoms with Gasteiger partial charge >= 0.3 is 6.03 Å². The van der Waals surface area contributed by atoms with Crippen LogP contribution in [0.5, 0.6) is 0 Å². The molecule has 1 saturated heterocycles. The van der Waals surface area contributed by atoms with Crippen molar-refractivity contribution in [2.75, 3.05) is 25.4 Å². The van der Waals surface area contributed by atoms with Gasteiger partial charge in [0.1, 0.15) is 24.0 Å². The number of nitrogens with zero attached hydrogens (tertiary/aromatic N) is 4. The molecule has 10 N–H and O–H groups in total. The molecule has 1 saturated carbocycles. The number of aliphatic imine (C=N–C) groups is 1. The van der Waals surface area contributed by atoms with E-state index in [1.165, 1.54) is 4.90 Å². The number of nitrogens with one attached hydrogen (secondary N) is 2. The van der Waals surface area contributed by atoms with Crippen molar-refractivity contribution in [1.29, 1.82) is 0 Å². The van der Waals surface area contributed by atoms with E-state index in [4.69, 9.17) is 22.9 Å². The first-order valence-electron chi connectivity index (χ1n) is 20.7. The molecular weight excluding hydrogens is 729 g/mol. The molecule has 16 heteroatoms. The van der Waals surface area contributed by atoms with Crippen molar-refractivity contribution in [2.45, 2.75) is 142 Å². The summed E-state index contributed by atoms with van der Waals surface area (Å²) >= 11 is 0. The van der Waals surface area contributed by atoms with Crippen LogP contribution in [0.25, 0.3) is 0 Å². The van der Waals surface area contributed by atoms with E-state index in [1.54, 1.807) is 29.2 Å². The Labute approximate surface area is 338 Å². The van der Waals surface area contributed by atoms with Crippen LogP contribution in [0, 0.1) is 17.8 Å². The monoisotopic (exact) mass is 797 g/mol. The maximum Gasteiger partial charge on any atom is 0.324 e. The number of guanidine groups is 1. The van der Waals surface area contributed by atoms with E-state index in [-0.39, 0.29) is 61.7 Å². The molecule has 0 bridgehead atoms. The molecule has 57 heavy (non-hydrogen) atoms. The summed E-state index contributed by atoms with van der Waals surface area (Å²) in [5.41, 5.74) is 23.9. The standard InChI is InChI=1S/C41H68N10O6/c1-25(2)23-32(38(55)49-22-12-15-33(49)35(43)52)47-41(57)50(21-11-10-20-46-40(44)45)39(56)34(29-13-8-7-9-14-29)48-36(53)31(24-28-16-18-30(42)19-17-28)37(54)51(26(3)4)27(5)6/h16-19,25-27,29,31-34H,7-15,20-24,42H2,1-6H3,(H2,43,52)(H,47,57)(H,48,53)(H4,44,45,46)/t31-,32-,33-,34-/m0/s1. The second-order valence-corrected chi connectivity index (χ2v) is 16.5. The summed E-state index contributed by atoms with van der Waals surface area (Å²) in [6.45, 7) is 11.9. The Hall–Kier alpha value is -4.89. The third-order valence-electron chi connectivity index (χ3n) is 10.8. The third kappa shape index (κ3) is 13.6. The molecule has 318 valence electrons. The van der Waals surface area contributed by atoms with Crippen molar-refractivity contribution in [3.05, 3.63) is 29.8 Å². The van der Waals surface area contributed by atoms with Crippen LogP contribution in [0.3, 0.4) is 0 Å². The number of nitrogen functional groups attached to an aromatic ring is 1. The molecule has 0 radical (unpaired) electrons. The maximum absolute atomic E-state index is 14.9. The van der Waals surface area contributed by atoms with Crippen molar-refractivity contribution in [2.24, 2.45) is 39.9 Å². The fourth-order valence-corrected chi connectivity index (χ4v) is 8.09. The number of benzene rings is 1. The molecule has 2 aliphatic rings. The van der Waals surface area contributed by atoms with Crippen molar-refractivity contribution in [3.63, 3.8) is 0 Å². The van der Waals surface area contributed by atoms with Gasteiger partial charge in [-0.3, -0.25) is 33.9 Å². The highest BCUT2D eigenvalue weighted by molar-refractivity contribution is 6.04. The van der Waals surface area contributed by atoms with Crippen LogP contribution in [-0.2, 0) is 30.4 Å². The summed E-state index contributed by atoms with van der Waals surface area (Å²) < 4.78 is 0. The predicted octanol–water partition coefficient (Wildman–Crippen LogP) is 2.62. The number of unbranched alkanes of at least 4 members (excludes halogenated alkanes) is 1. The van der Waals surface area contributed by atoms with Crippen LogP contribution < -0.4 is 33.6 Å². The van der Waals surface area contributed by atoms with Crippen LogP contribution in [0.2, 0.25) is 0 Å². The van der Waals surface area contributed by atoms with Crippen LogP contribution >= 0.6 is 0 Å². The Morgan fingerprint density at radius 3 is 2.02 bits per heavy atom. The molecule has 4 atom stereocenters. The van der Waals surface area contributed by atoms with Gasteiger partial charge in [-0.05, 0) is 109 Å². The summed E-state index contributed by atoms with van der Waals surface area (Å²) in [7, 11) is 0. The van der Waals surface area contributed by atoms with Gasteiger partial charge in [0.15, 0.2) is 5.96 Å². The molecule has 2 fully saturated rings. The first-order chi connectivity index (χ1) is 26.9. The fraction of sp³-hybridized carbons (Fsp3) is 0.683. The Morgan fingerprint density at radius 2 is 1.46 bits per heavy atom. The minimum atomic E-state index is -1.18. The van der Waals surface area contributed by atoms with E-state index in [1.807, 2.05) is 41.5 Å². The Kier molecular flexibility index (Phi) is 18.1. The highest BCUT2D eigenvalue weighted by Crippen LogP contribution is 2.29. The van der Waals surface area contributed by atoms with Crippen LogP contribution in [0.1, 0.15) is 111 Å². The van der Waals surface area contributed by atoms with Crippen LogP contribution in [0.4, 0.5) is 10.5 Å². The van der Waals surface area contributed by atoms with Crippen LogP contribution in [0.15, 0.2) is 29.3 Å². The highest BCUT2D eigenvalue weighted by Gasteiger charge is 2.42. The molecule has 1 aromatic carbocycles. The molecule has 1 aliphatic heterocycles. The predicted molar refractivity (Wildman–Crippen MR) is 221 cm³/mol. The quantitative estimate of drug-likeness (QED) is 0.0395. The van der Waals surface area contributed by atoms with Crippen molar-refractivity contribution >= 4 is 47.2 Å². The summed E-state index contributed by atoms with van der Waals surface area (Å²) in [5.74, 6) is -4.27. The number of carbonyl (C=O) groups excluding carboxylic acids is 6. The van der Waals surface area contributed by atoms with Gasteiger partial charge in [0.2, 0.25) is 23.6 Å². The summed E-state index contributed by atoms with van der Waals surface area (Å²) in [4.78, 5) is 92.5. The minimum Gasteiger partial charge on any atom is -0.399 e. The number of primary amides is 1. The van der Waals surface area contributed by atoms with E-state index >= 15 is 0 Å². The van der Waals surface area contributed by atoms with Gasteiger partial charge in [0.25, 0.3) is 5.91 Å². The number of hydrogen-bond acceptors (Lipinski definition) is 8. The van der Waals surface area contributed by atoms with Gasteiger partial charge < -0.3 is 43.4 Å². The molecule has 0 spiro atoms. The smallest absolute Gasteiger partial charge is 0.324 e. The number of imide groups is 1. The zero-order valence-corrected chi connectivity index (χ0v) is 34.9. The molecule has 3 rings (SSSR count). The summed E-state index contributed by atoms with van der Waals surface area (Å²) in [6.07, 6.45) is 6.02. The van der Waals surface area contributed by atoms with Crippen molar-refractivity contribution < 1.29 is 28.8 Å². The average Bonchev–Trinajstić information content (AvgIpc) is 3.64. The van der Waals surface area contributed by atoms with Crippen LogP contribution in [-0.4, -0.2) is 106 Å².